The van der Waals surface area contributed by atoms with E-state index in [1.807, 2.05) is 23.6 Å². The number of hydrogen-bond donors (Lipinski definition) is 2. The van der Waals surface area contributed by atoms with Crippen LogP contribution in [-0.2, 0) is 18.5 Å². The molecule has 0 unspecified atom stereocenters. The first-order chi connectivity index (χ1) is 11.7. The van der Waals surface area contributed by atoms with Gasteiger partial charge in [-0.15, -0.1) is 10.2 Å². The zero-order chi connectivity index (χ0) is 17.0. The molecule has 1 fully saturated rings. The van der Waals surface area contributed by atoms with Gasteiger partial charge in [0.2, 0.25) is 0 Å². The van der Waals surface area contributed by atoms with Crippen molar-refractivity contribution in [3.05, 3.63) is 47.8 Å². The number of aryl methyl sites for hydroxylation is 1. The largest absolute Gasteiger partial charge is 0.356 e. The molecule has 0 spiro atoms. The van der Waals surface area contributed by atoms with Gasteiger partial charge in [0, 0.05) is 25.6 Å². The van der Waals surface area contributed by atoms with Crippen molar-refractivity contribution in [3.8, 4) is 0 Å². The molecule has 0 atom stereocenters. The van der Waals surface area contributed by atoms with Crippen LogP contribution in [0.25, 0.3) is 0 Å². The third kappa shape index (κ3) is 3.39. The number of guanidine groups is 1. The smallest absolute Gasteiger partial charge is 0.191 e. The molecule has 2 N–H and O–H groups in total. The summed E-state index contributed by atoms with van der Waals surface area (Å²) in [6.45, 7) is 4.08. The van der Waals surface area contributed by atoms with Crippen molar-refractivity contribution >= 4 is 5.96 Å². The predicted octanol–water partition coefficient (Wildman–Crippen LogP) is 1.83. The number of rotatable bonds is 6. The summed E-state index contributed by atoms with van der Waals surface area (Å²) in [6.07, 6.45) is 3.69. The number of aliphatic imine (C=N–C) groups is 1. The summed E-state index contributed by atoms with van der Waals surface area (Å²) >= 11 is 0. The van der Waals surface area contributed by atoms with E-state index in [0.29, 0.717) is 19.0 Å². The fourth-order valence-corrected chi connectivity index (χ4v) is 2.90. The second kappa shape index (κ2) is 6.98. The van der Waals surface area contributed by atoms with Gasteiger partial charge in [-0.25, -0.2) is 4.39 Å². The van der Waals surface area contributed by atoms with E-state index < -0.39 is 0 Å². The van der Waals surface area contributed by atoms with Crippen molar-refractivity contribution in [2.75, 3.05) is 13.6 Å². The Morgan fingerprint density at radius 1 is 1.33 bits per heavy atom. The molecule has 1 saturated carbocycles. The maximum absolute atomic E-state index is 14.1. The minimum Gasteiger partial charge on any atom is -0.356 e. The lowest BCUT2D eigenvalue weighted by atomic mass is 9.95. The van der Waals surface area contributed by atoms with Crippen LogP contribution in [0.1, 0.15) is 31.2 Å². The van der Waals surface area contributed by atoms with Crippen molar-refractivity contribution in [2.45, 2.75) is 38.3 Å². The molecule has 0 amide bonds. The van der Waals surface area contributed by atoms with Gasteiger partial charge in [0.25, 0.3) is 0 Å². The average Bonchev–Trinajstić information content (AvgIpc) is 3.25. The molecule has 7 heteroatoms. The van der Waals surface area contributed by atoms with Crippen molar-refractivity contribution in [3.63, 3.8) is 0 Å². The second-order valence-electron chi connectivity index (χ2n) is 6.07. The molecule has 1 aromatic carbocycles. The molecule has 0 aliphatic heterocycles. The third-order valence-corrected chi connectivity index (χ3v) is 4.57. The highest BCUT2D eigenvalue weighted by atomic mass is 19.1. The zero-order valence-corrected chi connectivity index (χ0v) is 14.1. The van der Waals surface area contributed by atoms with Gasteiger partial charge in [-0.2, -0.15) is 0 Å². The van der Waals surface area contributed by atoms with E-state index in [1.54, 1.807) is 19.4 Å². The summed E-state index contributed by atoms with van der Waals surface area (Å²) in [5, 5.41) is 14.6. The molecule has 0 saturated heterocycles. The summed E-state index contributed by atoms with van der Waals surface area (Å²) in [4.78, 5) is 4.23. The molecule has 3 rings (SSSR count). The molecule has 24 heavy (non-hydrogen) atoms. The molecule has 1 heterocycles. The Morgan fingerprint density at radius 3 is 2.79 bits per heavy atom. The van der Waals surface area contributed by atoms with Crippen LogP contribution < -0.4 is 10.6 Å². The standard InChI is InChI=1S/C17H23FN6/c1-3-24-12-22-23-15(24)10-20-16(19-2)21-11-17(8-9-17)13-6-4-5-7-14(13)18/h4-7,12H,3,8-11H2,1-2H3,(H2,19,20,21). The first kappa shape index (κ1) is 16.4. The van der Waals surface area contributed by atoms with Crippen molar-refractivity contribution < 1.29 is 4.39 Å². The Balaban J connectivity index is 1.58. The van der Waals surface area contributed by atoms with E-state index in [4.69, 9.17) is 0 Å². The van der Waals surface area contributed by atoms with Crippen LogP contribution in [0.5, 0.6) is 0 Å². The summed E-state index contributed by atoms with van der Waals surface area (Å²) < 4.78 is 16.0. The molecule has 1 aliphatic rings. The Bertz CT molecular complexity index is 719. The molecular formula is C17H23FN6. The normalized spacial score (nSPS) is 16.0. The minimum absolute atomic E-state index is 0.119. The van der Waals surface area contributed by atoms with Crippen LogP contribution in [0.3, 0.4) is 0 Å². The highest BCUT2D eigenvalue weighted by molar-refractivity contribution is 5.79. The fourth-order valence-electron chi connectivity index (χ4n) is 2.90. The lowest BCUT2D eigenvalue weighted by Crippen LogP contribution is -2.41. The van der Waals surface area contributed by atoms with Crippen molar-refractivity contribution in [2.24, 2.45) is 4.99 Å². The quantitative estimate of drug-likeness (QED) is 0.626. The van der Waals surface area contributed by atoms with E-state index >= 15 is 0 Å². The number of benzene rings is 1. The minimum atomic E-state index is -0.129. The Hall–Kier alpha value is -2.44. The second-order valence-corrected chi connectivity index (χ2v) is 6.07. The number of halogens is 1. The third-order valence-electron chi connectivity index (χ3n) is 4.57. The fraction of sp³-hybridized carbons (Fsp3) is 0.471. The number of hydrogen-bond acceptors (Lipinski definition) is 3. The van der Waals surface area contributed by atoms with Crippen molar-refractivity contribution in [1.29, 1.82) is 0 Å². The topological polar surface area (TPSA) is 67.1 Å². The predicted molar refractivity (Wildman–Crippen MR) is 91.2 cm³/mol. The molecule has 128 valence electrons. The van der Waals surface area contributed by atoms with Gasteiger partial charge in [-0.05, 0) is 31.4 Å². The highest BCUT2D eigenvalue weighted by Crippen LogP contribution is 2.48. The lowest BCUT2D eigenvalue weighted by molar-refractivity contribution is 0.559. The molecule has 2 aromatic rings. The SMILES string of the molecule is CCn1cnnc1CNC(=NC)NCC1(c2ccccc2F)CC1. The summed E-state index contributed by atoms with van der Waals surface area (Å²) in [5.41, 5.74) is 0.672. The Labute approximate surface area is 141 Å². The number of nitrogens with zero attached hydrogens (tertiary/aromatic N) is 4. The first-order valence-electron chi connectivity index (χ1n) is 8.25. The summed E-state index contributed by atoms with van der Waals surface area (Å²) in [7, 11) is 1.72. The van der Waals surface area contributed by atoms with Gasteiger partial charge in [-0.3, -0.25) is 4.99 Å². The van der Waals surface area contributed by atoms with Crippen LogP contribution in [0, 0.1) is 5.82 Å². The van der Waals surface area contributed by atoms with Crippen LogP contribution in [-0.4, -0.2) is 34.3 Å². The zero-order valence-electron chi connectivity index (χ0n) is 14.1. The van der Waals surface area contributed by atoms with E-state index in [2.05, 4.69) is 25.8 Å². The van der Waals surface area contributed by atoms with Gasteiger partial charge >= 0.3 is 0 Å². The Kier molecular flexibility index (Phi) is 4.78. The summed E-state index contributed by atoms with van der Waals surface area (Å²) in [5.74, 6) is 1.41. The van der Waals surface area contributed by atoms with Crippen LogP contribution in [0.15, 0.2) is 35.6 Å². The van der Waals surface area contributed by atoms with Crippen molar-refractivity contribution in [1.82, 2.24) is 25.4 Å². The lowest BCUT2D eigenvalue weighted by Gasteiger charge is -2.19. The van der Waals surface area contributed by atoms with Gasteiger partial charge in [-0.1, -0.05) is 18.2 Å². The van der Waals surface area contributed by atoms with Gasteiger partial charge < -0.3 is 15.2 Å². The van der Waals surface area contributed by atoms with E-state index in [1.165, 1.54) is 6.07 Å². The number of nitrogens with one attached hydrogen (secondary N) is 2. The highest BCUT2D eigenvalue weighted by Gasteiger charge is 2.45. The van der Waals surface area contributed by atoms with Gasteiger partial charge in [0.15, 0.2) is 11.8 Å². The maximum Gasteiger partial charge on any atom is 0.191 e. The average molecular weight is 330 g/mol. The molecule has 1 aliphatic carbocycles. The molecular weight excluding hydrogens is 307 g/mol. The Morgan fingerprint density at radius 2 is 2.12 bits per heavy atom. The maximum atomic E-state index is 14.1. The monoisotopic (exact) mass is 330 g/mol. The summed E-state index contributed by atoms with van der Waals surface area (Å²) in [6, 6.07) is 7.03. The van der Waals surface area contributed by atoms with Gasteiger partial charge in [0.05, 0.1) is 6.54 Å². The van der Waals surface area contributed by atoms with E-state index in [9.17, 15) is 4.39 Å². The molecule has 0 radical (unpaired) electrons. The van der Waals surface area contributed by atoms with Crippen LogP contribution in [0.2, 0.25) is 0 Å². The van der Waals surface area contributed by atoms with E-state index in [-0.39, 0.29) is 11.2 Å². The van der Waals surface area contributed by atoms with Crippen LogP contribution >= 0.6 is 0 Å². The van der Waals surface area contributed by atoms with E-state index in [0.717, 1.165) is 30.8 Å². The molecule has 6 nitrogen and oxygen atoms in total. The first-order valence-corrected chi connectivity index (χ1v) is 8.25. The van der Waals surface area contributed by atoms with Gasteiger partial charge in [0.1, 0.15) is 12.1 Å². The molecule has 1 aromatic heterocycles. The molecule has 0 bridgehead atoms. The van der Waals surface area contributed by atoms with Crippen LogP contribution in [0.4, 0.5) is 4.39 Å². The number of aromatic nitrogens is 3.